The predicted molar refractivity (Wildman–Crippen MR) is 109 cm³/mol. The van der Waals surface area contributed by atoms with Gasteiger partial charge in [-0.25, -0.2) is 4.39 Å². The highest BCUT2D eigenvalue weighted by Crippen LogP contribution is 2.70. The van der Waals surface area contributed by atoms with Crippen LogP contribution in [0.2, 0.25) is 0 Å². The van der Waals surface area contributed by atoms with Crippen LogP contribution < -0.4 is 0 Å². The van der Waals surface area contributed by atoms with Crippen molar-refractivity contribution in [3.8, 4) is 0 Å². The van der Waals surface area contributed by atoms with Crippen molar-refractivity contribution in [2.45, 2.75) is 70.8 Å². The summed E-state index contributed by atoms with van der Waals surface area (Å²) in [7, 11) is 0. The van der Waals surface area contributed by atoms with Crippen molar-refractivity contribution in [2.75, 3.05) is 6.61 Å². The second-order valence-electron chi connectivity index (χ2n) is 10.4. The van der Waals surface area contributed by atoms with Crippen LogP contribution in [0.4, 0.5) is 4.39 Å². The largest absolute Gasteiger partial charge is 0.458 e. The van der Waals surface area contributed by atoms with Gasteiger partial charge >= 0.3 is 5.97 Å². The molecule has 4 rings (SSSR count). The molecule has 1 unspecified atom stereocenters. The summed E-state index contributed by atoms with van der Waals surface area (Å²) in [6.45, 7) is 5.89. The molecule has 0 aliphatic heterocycles. The van der Waals surface area contributed by atoms with Gasteiger partial charge in [0.05, 0.1) is 6.10 Å². The second kappa shape index (κ2) is 6.82. The maximum Gasteiger partial charge on any atom is 0.303 e. The Labute approximate surface area is 181 Å². The molecule has 7 heteroatoms. The molecule has 0 amide bonds. The Morgan fingerprint density at radius 1 is 1.29 bits per heavy atom. The van der Waals surface area contributed by atoms with Crippen molar-refractivity contribution in [1.82, 2.24) is 0 Å². The van der Waals surface area contributed by atoms with Gasteiger partial charge < -0.3 is 14.9 Å². The first-order chi connectivity index (χ1) is 14.3. The quantitative estimate of drug-likeness (QED) is 0.662. The summed E-state index contributed by atoms with van der Waals surface area (Å²) in [5, 5.41) is 22.9. The number of Topliss-reactive ketones (excluding diaryl/α,β-unsaturated/α-hetero) is 1. The number of aliphatic hydroxyl groups is 2. The number of hydrogen-bond donors (Lipinski definition) is 2. The summed E-state index contributed by atoms with van der Waals surface area (Å²) in [6.07, 6.45) is 4.29. The second-order valence-corrected chi connectivity index (χ2v) is 10.4. The number of allylic oxidation sites excluding steroid dienone is 4. The van der Waals surface area contributed by atoms with E-state index in [1.54, 1.807) is 26.8 Å². The van der Waals surface area contributed by atoms with Crippen LogP contribution in [0.15, 0.2) is 23.8 Å². The fourth-order valence-corrected chi connectivity index (χ4v) is 7.42. The Bertz CT molecular complexity index is 910. The van der Waals surface area contributed by atoms with E-state index in [1.807, 2.05) is 0 Å². The Morgan fingerprint density at radius 2 is 1.97 bits per heavy atom. The molecule has 31 heavy (non-hydrogen) atoms. The van der Waals surface area contributed by atoms with Gasteiger partial charge in [-0.2, -0.15) is 0 Å². The Morgan fingerprint density at radius 3 is 2.61 bits per heavy atom. The van der Waals surface area contributed by atoms with Gasteiger partial charge in [0.25, 0.3) is 0 Å². The number of halogens is 1. The zero-order valence-electron chi connectivity index (χ0n) is 18.5. The first-order valence-electron chi connectivity index (χ1n) is 11.0. The molecule has 0 spiro atoms. The normalized spacial score (nSPS) is 48.4. The first kappa shape index (κ1) is 22.3. The molecule has 170 valence electrons. The van der Waals surface area contributed by atoms with Crippen LogP contribution in [0.1, 0.15) is 53.4 Å². The highest BCUT2D eigenvalue weighted by atomic mass is 19.1. The van der Waals surface area contributed by atoms with Gasteiger partial charge in [-0.15, -0.1) is 0 Å². The molecule has 0 aromatic heterocycles. The number of carbonyl (C=O) groups excluding carboxylic acids is 3. The Hall–Kier alpha value is -1.86. The summed E-state index contributed by atoms with van der Waals surface area (Å²) in [6, 6.07) is 0. The van der Waals surface area contributed by atoms with Gasteiger partial charge in [0.15, 0.2) is 18.1 Å². The molecule has 8 atom stereocenters. The molecule has 0 saturated heterocycles. The number of aliphatic hydroxyl groups excluding tert-OH is 1. The van der Waals surface area contributed by atoms with Gasteiger partial charge in [-0.05, 0) is 56.6 Å². The molecule has 0 heterocycles. The van der Waals surface area contributed by atoms with Crippen LogP contribution in [0.5, 0.6) is 0 Å². The number of rotatable bonds is 3. The van der Waals surface area contributed by atoms with Gasteiger partial charge in [0, 0.05) is 23.7 Å². The average molecular weight is 435 g/mol. The van der Waals surface area contributed by atoms with Crippen LogP contribution in [0.3, 0.4) is 0 Å². The van der Waals surface area contributed by atoms with E-state index >= 15 is 4.39 Å². The number of fused-ring (bicyclic) bond motifs is 5. The molecule has 0 radical (unpaired) electrons. The van der Waals surface area contributed by atoms with Crippen molar-refractivity contribution in [3.05, 3.63) is 23.8 Å². The summed E-state index contributed by atoms with van der Waals surface area (Å²) < 4.78 is 21.9. The maximum absolute atomic E-state index is 17.0. The van der Waals surface area contributed by atoms with E-state index in [1.165, 1.54) is 19.1 Å². The average Bonchev–Trinajstić information content (AvgIpc) is 2.89. The highest BCUT2D eigenvalue weighted by molar-refractivity contribution is 6.01. The smallest absolute Gasteiger partial charge is 0.303 e. The van der Waals surface area contributed by atoms with E-state index in [2.05, 4.69) is 0 Å². The topological polar surface area (TPSA) is 101 Å². The number of carbonyl (C=O) groups is 3. The number of alkyl halides is 1. The number of esters is 1. The molecule has 0 aromatic carbocycles. The van der Waals surface area contributed by atoms with Crippen LogP contribution in [0.25, 0.3) is 0 Å². The van der Waals surface area contributed by atoms with Crippen LogP contribution in [-0.2, 0) is 19.1 Å². The van der Waals surface area contributed by atoms with Crippen molar-refractivity contribution >= 4 is 17.5 Å². The third kappa shape index (κ3) is 2.65. The molecular weight excluding hydrogens is 403 g/mol. The minimum absolute atomic E-state index is 0.0953. The van der Waals surface area contributed by atoms with Crippen LogP contribution >= 0.6 is 0 Å². The number of ketones is 2. The lowest BCUT2D eigenvalue weighted by atomic mass is 9.44. The monoisotopic (exact) mass is 434 g/mol. The lowest BCUT2D eigenvalue weighted by Crippen LogP contribution is -2.69. The minimum atomic E-state index is -2.01. The van der Waals surface area contributed by atoms with Gasteiger partial charge in [0.2, 0.25) is 5.78 Å². The molecule has 4 aliphatic carbocycles. The van der Waals surface area contributed by atoms with E-state index in [9.17, 15) is 24.6 Å². The van der Waals surface area contributed by atoms with Crippen molar-refractivity contribution in [3.63, 3.8) is 0 Å². The number of hydrogen-bond acceptors (Lipinski definition) is 6. The van der Waals surface area contributed by atoms with Crippen molar-refractivity contribution in [1.29, 1.82) is 0 Å². The van der Waals surface area contributed by atoms with E-state index < -0.39 is 58.4 Å². The van der Waals surface area contributed by atoms with Crippen molar-refractivity contribution < 1.29 is 33.7 Å². The minimum Gasteiger partial charge on any atom is -0.458 e. The molecule has 3 fully saturated rings. The molecule has 2 N–H and O–H groups in total. The zero-order chi connectivity index (χ0) is 23.0. The summed E-state index contributed by atoms with van der Waals surface area (Å²) in [4.78, 5) is 36.2. The fourth-order valence-electron chi connectivity index (χ4n) is 7.42. The molecule has 6 nitrogen and oxygen atoms in total. The molecule has 0 aromatic rings. The van der Waals surface area contributed by atoms with E-state index in [0.717, 1.165) is 0 Å². The van der Waals surface area contributed by atoms with E-state index in [-0.39, 0.29) is 18.1 Å². The Balaban J connectivity index is 1.76. The first-order valence-corrected chi connectivity index (χ1v) is 11.0. The fraction of sp³-hybridized carbons (Fsp3) is 0.708. The third-order valence-corrected chi connectivity index (χ3v) is 9.05. The lowest BCUT2D eigenvalue weighted by molar-refractivity contribution is -0.219. The lowest BCUT2D eigenvalue weighted by Gasteiger charge is -2.62. The van der Waals surface area contributed by atoms with Gasteiger partial charge in [-0.3, -0.25) is 14.4 Å². The number of ether oxygens (including phenoxy) is 1. The maximum atomic E-state index is 17.0. The van der Waals surface area contributed by atoms with E-state index in [4.69, 9.17) is 4.74 Å². The highest BCUT2D eigenvalue weighted by Gasteiger charge is 2.75. The third-order valence-electron chi connectivity index (χ3n) is 9.05. The summed E-state index contributed by atoms with van der Waals surface area (Å²) in [5.41, 5.74) is -5.33. The van der Waals surface area contributed by atoms with Gasteiger partial charge in [0.1, 0.15) is 5.60 Å². The zero-order valence-corrected chi connectivity index (χ0v) is 18.5. The standard InChI is InChI=1S/C24H31FO6/c1-13-9-18-17-6-5-15-10-16(27)7-8-21(15,3)23(17,25)19(28)11-22(18,4)24(13,30)20(29)12-31-14(2)26/h7-8,10,13,17-19,28,30H,5-6,9,11-12H2,1-4H3/t13-,17-,18-,19?,21-,22-,23-,24-/m0/s1. The SMILES string of the molecule is CC(=O)OCC(=O)[C@@]1(O)[C@@H](C)C[C@H]2[C@@H]3CCC4=CC(=O)C=C[C@]4(C)[C@@]3(F)C(O)C[C@@]21C. The molecule has 0 bridgehead atoms. The summed E-state index contributed by atoms with van der Waals surface area (Å²) >= 11 is 0. The van der Waals surface area contributed by atoms with Crippen LogP contribution in [0, 0.1) is 28.6 Å². The van der Waals surface area contributed by atoms with Crippen molar-refractivity contribution in [2.24, 2.45) is 28.6 Å². The predicted octanol–water partition coefficient (Wildman–Crippen LogP) is 2.47. The summed E-state index contributed by atoms with van der Waals surface area (Å²) in [5.74, 6) is -2.80. The van der Waals surface area contributed by atoms with E-state index in [0.29, 0.717) is 24.8 Å². The van der Waals surface area contributed by atoms with Crippen LogP contribution in [-0.4, -0.2) is 51.7 Å². The molecule has 3 saturated carbocycles. The Kier molecular flexibility index (Phi) is 4.91. The van der Waals surface area contributed by atoms with Gasteiger partial charge in [-0.1, -0.05) is 25.5 Å². The molecule has 4 aliphatic rings. The molecular formula is C24H31FO6.